The highest BCUT2D eigenvalue weighted by Gasteiger charge is 2.60. The van der Waals surface area contributed by atoms with E-state index in [1.54, 1.807) is 0 Å². The number of ketones is 1. The number of carbonyl (C=O) groups is 1. The maximum Gasteiger partial charge on any atom is 0.133 e. The van der Waals surface area contributed by atoms with Gasteiger partial charge in [0.15, 0.2) is 0 Å². The molecule has 8 atom stereocenters. The lowest BCUT2D eigenvalue weighted by Crippen LogP contribution is -2.54. The van der Waals surface area contributed by atoms with Crippen molar-refractivity contribution >= 4 is 5.78 Å². The smallest absolute Gasteiger partial charge is 0.133 e. The Morgan fingerprint density at radius 3 is 2.35 bits per heavy atom. The topological polar surface area (TPSA) is 37.3 Å². The van der Waals surface area contributed by atoms with Crippen molar-refractivity contribution in [2.24, 2.45) is 40.4 Å². The second kappa shape index (κ2) is 5.31. The van der Waals surface area contributed by atoms with Crippen LogP contribution in [-0.4, -0.2) is 17.0 Å². The number of rotatable bonds is 1. The molecule has 2 heteroatoms. The van der Waals surface area contributed by atoms with Crippen LogP contribution in [0.3, 0.4) is 0 Å². The second-order valence-corrected chi connectivity index (χ2v) is 9.87. The second-order valence-electron chi connectivity index (χ2n) is 9.87. The third-order valence-electron chi connectivity index (χ3n) is 9.13. The zero-order valence-corrected chi connectivity index (χ0v) is 15.2. The number of Topliss-reactive ketones (excluding diaryl/α,β-unsaturated/α-hetero) is 1. The zero-order valence-electron chi connectivity index (χ0n) is 15.2. The summed E-state index contributed by atoms with van der Waals surface area (Å²) in [6.07, 6.45) is 10.9. The van der Waals surface area contributed by atoms with E-state index in [2.05, 4.69) is 13.8 Å². The lowest BCUT2D eigenvalue weighted by molar-refractivity contribution is -0.138. The molecule has 2 nitrogen and oxygen atoms in total. The highest BCUT2D eigenvalue weighted by Crippen LogP contribution is 2.67. The van der Waals surface area contributed by atoms with E-state index in [1.165, 1.54) is 38.5 Å². The summed E-state index contributed by atoms with van der Waals surface area (Å²) in [6.45, 7) is 6.80. The Morgan fingerprint density at radius 2 is 1.61 bits per heavy atom. The van der Waals surface area contributed by atoms with Crippen LogP contribution >= 0.6 is 0 Å². The van der Waals surface area contributed by atoms with Crippen molar-refractivity contribution in [2.75, 3.05) is 0 Å². The summed E-state index contributed by atoms with van der Waals surface area (Å²) >= 11 is 0. The molecule has 0 saturated heterocycles. The Labute approximate surface area is 141 Å². The Hall–Kier alpha value is -0.370. The van der Waals surface area contributed by atoms with Gasteiger partial charge >= 0.3 is 0 Å². The van der Waals surface area contributed by atoms with Crippen LogP contribution in [0.15, 0.2) is 0 Å². The molecule has 0 bridgehead atoms. The first-order valence-electron chi connectivity index (χ1n) is 10.0. The van der Waals surface area contributed by atoms with Crippen LogP contribution in [0.2, 0.25) is 0 Å². The van der Waals surface area contributed by atoms with Gasteiger partial charge in [-0.25, -0.2) is 0 Å². The molecular weight excluding hydrogens is 284 g/mol. The number of hydrogen-bond acceptors (Lipinski definition) is 2. The van der Waals surface area contributed by atoms with Crippen LogP contribution in [0.1, 0.15) is 78.6 Å². The fourth-order valence-corrected chi connectivity index (χ4v) is 7.90. The first-order chi connectivity index (χ1) is 10.9. The van der Waals surface area contributed by atoms with Crippen molar-refractivity contribution in [3.63, 3.8) is 0 Å². The van der Waals surface area contributed by atoms with E-state index in [-0.39, 0.29) is 11.5 Å². The van der Waals surface area contributed by atoms with Crippen molar-refractivity contribution in [2.45, 2.75) is 84.7 Å². The summed E-state index contributed by atoms with van der Waals surface area (Å²) in [5.41, 5.74) is 0.738. The lowest BCUT2D eigenvalue weighted by atomic mass is 9.44. The minimum absolute atomic E-state index is 0.0490. The van der Waals surface area contributed by atoms with E-state index in [0.29, 0.717) is 17.1 Å². The highest BCUT2D eigenvalue weighted by molar-refractivity contribution is 5.79. The monoisotopic (exact) mass is 318 g/mol. The molecule has 130 valence electrons. The molecule has 0 spiro atoms. The minimum atomic E-state index is -0.0490. The van der Waals surface area contributed by atoms with E-state index in [1.807, 2.05) is 6.92 Å². The van der Waals surface area contributed by atoms with E-state index >= 15 is 0 Å². The number of aliphatic hydroxyl groups excluding tert-OH is 1. The Bertz CT molecular complexity index is 500. The molecule has 4 rings (SSSR count). The maximum atomic E-state index is 12.2. The Kier molecular flexibility index (Phi) is 3.72. The number of hydrogen-bond donors (Lipinski definition) is 1. The van der Waals surface area contributed by atoms with Crippen LogP contribution in [0.5, 0.6) is 0 Å². The van der Waals surface area contributed by atoms with Crippen LogP contribution in [0, 0.1) is 40.4 Å². The molecule has 0 aromatic heterocycles. The third-order valence-corrected chi connectivity index (χ3v) is 9.13. The van der Waals surface area contributed by atoms with E-state index in [9.17, 15) is 9.90 Å². The Morgan fingerprint density at radius 1 is 0.913 bits per heavy atom. The number of aliphatic hydroxyl groups is 1. The molecule has 0 radical (unpaired) electrons. The van der Waals surface area contributed by atoms with Gasteiger partial charge in [0.1, 0.15) is 5.78 Å². The van der Waals surface area contributed by atoms with Crippen LogP contribution in [-0.2, 0) is 4.79 Å². The summed E-state index contributed by atoms with van der Waals surface area (Å²) in [5.74, 6) is 3.97. The maximum absolute atomic E-state index is 12.2. The molecule has 0 aromatic carbocycles. The quantitative estimate of drug-likeness (QED) is 0.767. The van der Waals surface area contributed by atoms with Gasteiger partial charge in [-0.3, -0.25) is 4.79 Å². The standard InChI is InChI=1S/C21H34O2/c1-13(22)17-6-7-18-16-5-4-14-12-15(23)8-10-20(14,2)19(16)9-11-21(17,18)3/h14-19,23H,4-12H2,1-3H3/t14-,15+,16+,17?,18+,19+,20?,21?/m1/s1. The van der Waals surface area contributed by atoms with Crippen molar-refractivity contribution in [3.05, 3.63) is 0 Å². The molecule has 4 aliphatic rings. The van der Waals surface area contributed by atoms with Gasteiger partial charge in [0.25, 0.3) is 0 Å². The third kappa shape index (κ3) is 2.19. The zero-order chi connectivity index (χ0) is 16.4. The van der Waals surface area contributed by atoms with Crippen molar-refractivity contribution in [1.29, 1.82) is 0 Å². The van der Waals surface area contributed by atoms with Gasteiger partial charge in [-0.05, 0) is 99.2 Å². The molecule has 0 aliphatic heterocycles. The molecule has 4 aliphatic carbocycles. The molecule has 0 heterocycles. The van der Waals surface area contributed by atoms with Crippen molar-refractivity contribution in [3.8, 4) is 0 Å². The molecule has 1 N–H and O–H groups in total. The summed E-state index contributed by atoms with van der Waals surface area (Å²) in [5, 5.41) is 10.1. The average molecular weight is 319 g/mol. The number of fused-ring (bicyclic) bond motifs is 5. The van der Waals surface area contributed by atoms with Gasteiger partial charge in [-0.1, -0.05) is 13.8 Å². The van der Waals surface area contributed by atoms with E-state index in [4.69, 9.17) is 0 Å². The molecule has 23 heavy (non-hydrogen) atoms. The van der Waals surface area contributed by atoms with Gasteiger partial charge in [-0.2, -0.15) is 0 Å². The van der Waals surface area contributed by atoms with Gasteiger partial charge in [0, 0.05) is 5.92 Å². The van der Waals surface area contributed by atoms with Crippen molar-refractivity contribution in [1.82, 2.24) is 0 Å². The fourth-order valence-electron chi connectivity index (χ4n) is 7.90. The van der Waals surface area contributed by atoms with E-state index < -0.39 is 0 Å². The summed E-state index contributed by atoms with van der Waals surface area (Å²) < 4.78 is 0. The van der Waals surface area contributed by atoms with Crippen LogP contribution < -0.4 is 0 Å². The Balaban J connectivity index is 1.61. The number of carbonyl (C=O) groups excluding carboxylic acids is 1. The van der Waals surface area contributed by atoms with Crippen molar-refractivity contribution < 1.29 is 9.90 Å². The largest absolute Gasteiger partial charge is 0.393 e. The molecule has 3 unspecified atom stereocenters. The predicted octanol–water partition coefficient (Wildman–Crippen LogP) is 4.60. The molecule has 4 fully saturated rings. The first-order valence-corrected chi connectivity index (χ1v) is 10.0. The molecule has 4 saturated carbocycles. The van der Waals surface area contributed by atoms with Gasteiger partial charge < -0.3 is 5.11 Å². The van der Waals surface area contributed by atoms with Gasteiger partial charge in [-0.15, -0.1) is 0 Å². The van der Waals surface area contributed by atoms with Crippen LogP contribution in [0.4, 0.5) is 0 Å². The van der Waals surface area contributed by atoms with E-state index in [0.717, 1.165) is 42.9 Å². The molecule has 0 aromatic rings. The van der Waals surface area contributed by atoms with Gasteiger partial charge in [0.05, 0.1) is 6.10 Å². The fraction of sp³-hybridized carbons (Fsp3) is 0.952. The first kappa shape index (κ1) is 16.1. The lowest BCUT2D eigenvalue weighted by Gasteiger charge is -2.60. The van der Waals surface area contributed by atoms with Crippen LogP contribution in [0.25, 0.3) is 0 Å². The van der Waals surface area contributed by atoms with Gasteiger partial charge in [0.2, 0.25) is 0 Å². The predicted molar refractivity (Wildman–Crippen MR) is 91.9 cm³/mol. The molecule has 0 amide bonds. The SMILES string of the molecule is CC(=O)C1CC[C@H]2[C@@H]3CC[C@@H]4C[C@@H](O)CCC4(C)[C@H]3CCC12C. The highest BCUT2D eigenvalue weighted by atomic mass is 16.3. The minimum Gasteiger partial charge on any atom is -0.393 e. The normalized spacial score (nSPS) is 55.7. The molecular formula is C21H34O2. The summed E-state index contributed by atoms with van der Waals surface area (Å²) in [6, 6.07) is 0. The average Bonchev–Trinajstić information content (AvgIpc) is 2.85. The summed E-state index contributed by atoms with van der Waals surface area (Å²) in [4.78, 5) is 12.2. The summed E-state index contributed by atoms with van der Waals surface area (Å²) in [7, 11) is 0.